The molecule has 1 saturated heterocycles. The van der Waals surface area contributed by atoms with Gasteiger partial charge in [0.05, 0.1) is 30.7 Å². The van der Waals surface area contributed by atoms with Gasteiger partial charge >= 0.3 is 0 Å². The third-order valence-corrected chi connectivity index (χ3v) is 4.41. The highest BCUT2D eigenvalue weighted by Gasteiger charge is 2.45. The van der Waals surface area contributed by atoms with E-state index in [9.17, 15) is 4.79 Å². The Morgan fingerprint density at radius 3 is 2.83 bits per heavy atom. The number of hydrogen-bond acceptors (Lipinski definition) is 3. The topological polar surface area (TPSA) is 62.1 Å². The molecule has 1 heterocycles. The summed E-state index contributed by atoms with van der Waals surface area (Å²) in [6, 6.07) is 9.56. The normalized spacial score (nSPS) is 26.2. The van der Waals surface area contributed by atoms with Gasteiger partial charge in [-0.25, -0.2) is 0 Å². The van der Waals surface area contributed by atoms with Gasteiger partial charge in [-0.1, -0.05) is 32.9 Å². The van der Waals surface area contributed by atoms with Crippen LogP contribution in [0.5, 0.6) is 0 Å². The van der Waals surface area contributed by atoms with Gasteiger partial charge in [0.15, 0.2) is 0 Å². The van der Waals surface area contributed by atoms with E-state index in [1.165, 1.54) is 0 Å². The summed E-state index contributed by atoms with van der Waals surface area (Å²) in [4.78, 5) is 12.1. The molecule has 1 amide bonds. The van der Waals surface area contributed by atoms with Crippen molar-refractivity contribution >= 4 is 5.91 Å². The zero-order chi connectivity index (χ0) is 15.6. The molecule has 0 bridgehead atoms. The van der Waals surface area contributed by atoms with Crippen LogP contribution >= 0.6 is 0 Å². The maximum atomic E-state index is 12.1. The number of rotatable bonds is 4. The molecule has 0 radical (unpaired) electrons. The first kappa shape index (κ1) is 19.7. The lowest BCUT2D eigenvalue weighted by molar-refractivity contribution is -0.155. The Kier molecular flexibility index (Phi) is 6.58. The summed E-state index contributed by atoms with van der Waals surface area (Å²) in [6.45, 7) is 2.93. The molecule has 4 heteroatoms. The highest BCUT2D eigenvalue weighted by Crippen LogP contribution is 2.40. The lowest BCUT2D eigenvalue weighted by Crippen LogP contribution is -2.50. The van der Waals surface area contributed by atoms with Gasteiger partial charge in [-0.15, -0.1) is 5.92 Å². The number of ether oxygens (including phenoxy) is 1. The zero-order valence-electron chi connectivity index (χ0n) is 12.6. The fraction of sp³-hybridized carbons (Fsp3) is 0.500. The first-order valence-electron chi connectivity index (χ1n) is 7.53. The van der Waals surface area contributed by atoms with Crippen molar-refractivity contribution in [2.75, 3.05) is 13.2 Å². The molecule has 0 unspecified atom stereocenters. The number of amides is 1. The van der Waals surface area contributed by atoms with Gasteiger partial charge in [-0.05, 0) is 31.0 Å². The van der Waals surface area contributed by atoms with Gasteiger partial charge in [-0.3, -0.25) is 4.79 Å². The van der Waals surface area contributed by atoms with Crippen molar-refractivity contribution in [3.63, 3.8) is 0 Å². The third kappa shape index (κ3) is 3.78. The van der Waals surface area contributed by atoms with E-state index in [1.54, 1.807) is 13.0 Å². The number of nitrogens with one attached hydrogen (secondary N) is 1. The second kappa shape index (κ2) is 7.99. The van der Waals surface area contributed by atoms with Crippen molar-refractivity contribution in [1.29, 1.82) is 5.26 Å². The summed E-state index contributed by atoms with van der Waals surface area (Å²) in [7, 11) is 0. The van der Waals surface area contributed by atoms with Gasteiger partial charge in [0.2, 0.25) is 5.91 Å². The first-order valence-corrected chi connectivity index (χ1v) is 7.53. The van der Waals surface area contributed by atoms with Crippen LogP contribution in [0.15, 0.2) is 24.3 Å². The maximum absolute atomic E-state index is 12.1. The Bertz CT molecular complexity index is 696. The predicted molar refractivity (Wildman–Crippen MR) is 97.0 cm³/mol. The number of hydrogen-bond donors (Lipinski definition) is 1. The van der Waals surface area contributed by atoms with E-state index in [0.717, 1.165) is 18.4 Å². The van der Waals surface area contributed by atoms with Crippen molar-refractivity contribution in [3.05, 3.63) is 35.4 Å². The maximum Gasteiger partial charge on any atom is 0.224 e. The van der Waals surface area contributed by atoms with E-state index < -0.39 is 5.60 Å². The van der Waals surface area contributed by atoms with Gasteiger partial charge in [0.25, 0.3) is 0 Å². The molecule has 1 aliphatic heterocycles. The second-order valence-electron chi connectivity index (χ2n) is 5.85. The Balaban J connectivity index is 0.00000192. The summed E-state index contributed by atoms with van der Waals surface area (Å²) < 4.78 is 5.78. The van der Waals surface area contributed by atoms with Crippen LogP contribution < -0.4 is 5.32 Å². The van der Waals surface area contributed by atoms with E-state index in [-0.39, 0.29) is 34.0 Å². The molecule has 130 valence electrons. The van der Waals surface area contributed by atoms with Crippen molar-refractivity contribution in [2.24, 2.45) is 11.8 Å². The van der Waals surface area contributed by atoms with Crippen LogP contribution in [0.1, 0.15) is 47.2 Å². The van der Waals surface area contributed by atoms with E-state index in [4.69, 9.17) is 10.00 Å². The van der Waals surface area contributed by atoms with Crippen molar-refractivity contribution in [3.8, 4) is 17.9 Å². The summed E-state index contributed by atoms with van der Waals surface area (Å²) in [5.41, 5.74) is 1.08. The lowest BCUT2D eigenvalue weighted by Gasteiger charge is -2.42. The van der Waals surface area contributed by atoms with Gasteiger partial charge in [-0.2, -0.15) is 5.26 Å². The molecule has 24 heavy (non-hydrogen) atoms. The lowest BCUT2D eigenvalue weighted by atomic mass is 9.85. The minimum Gasteiger partial charge on any atom is -0.368 e. The summed E-state index contributed by atoms with van der Waals surface area (Å²) >= 11 is 0. The van der Waals surface area contributed by atoms with Crippen LogP contribution in [0.3, 0.4) is 0 Å². The zero-order valence-corrected chi connectivity index (χ0v) is 12.6. The fourth-order valence-electron chi connectivity index (χ4n) is 2.88. The second-order valence-corrected chi connectivity index (χ2v) is 5.85. The molecule has 0 aromatic heterocycles. The average molecular weight is 328 g/mol. The summed E-state index contributed by atoms with van der Waals surface area (Å²) in [5.74, 6) is 6.20. The number of carbonyl (C=O) groups is 1. The van der Waals surface area contributed by atoms with E-state index >= 15 is 0 Å². The molecule has 1 aromatic rings. The number of nitriles is 1. The van der Waals surface area contributed by atoms with Crippen LogP contribution in [0.25, 0.3) is 0 Å². The molecule has 3 rings (SSSR count). The number of carbonyl (C=O) groups excluding carboxylic acids is 1. The quantitative estimate of drug-likeness (QED) is 0.861. The molecule has 1 N–H and O–H groups in total. The minimum atomic E-state index is -0.483. The first-order chi connectivity index (χ1) is 10.7. The molecule has 1 aromatic carbocycles. The molecule has 1 aliphatic carbocycles. The third-order valence-electron chi connectivity index (χ3n) is 4.41. The van der Waals surface area contributed by atoms with Gasteiger partial charge in [0.1, 0.15) is 5.60 Å². The minimum absolute atomic E-state index is 0. The smallest absolute Gasteiger partial charge is 0.224 e. The van der Waals surface area contributed by atoms with Crippen molar-refractivity contribution in [1.82, 2.24) is 5.32 Å². The molecular formula is C20H28N2O2. The molecule has 2 aliphatic rings. The van der Waals surface area contributed by atoms with Crippen LogP contribution in [0.2, 0.25) is 0 Å². The van der Waals surface area contributed by atoms with E-state index in [0.29, 0.717) is 18.7 Å². The number of nitrogens with zero attached hydrogens (tertiary/aromatic N) is 1. The Morgan fingerprint density at radius 2 is 2.25 bits per heavy atom. The van der Waals surface area contributed by atoms with Crippen LogP contribution in [-0.2, 0) is 15.1 Å². The van der Waals surface area contributed by atoms with E-state index in [2.05, 4.69) is 23.2 Å². The summed E-state index contributed by atoms with van der Waals surface area (Å²) in [6.07, 6.45) is 1.70. The molecule has 0 spiro atoms. The predicted octanol–water partition coefficient (Wildman–Crippen LogP) is 3.47. The molecule has 3 atom stereocenters. The Labute approximate surface area is 146 Å². The highest BCUT2D eigenvalue weighted by atomic mass is 16.5. The molecule has 2 fully saturated rings. The monoisotopic (exact) mass is 328 g/mol. The summed E-state index contributed by atoms with van der Waals surface area (Å²) in [5, 5.41) is 12.0. The molecule has 4 nitrogen and oxygen atoms in total. The fourth-order valence-corrected chi connectivity index (χ4v) is 2.88. The van der Waals surface area contributed by atoms with E-state index in [1.807, 2.05) is 18.2 Å². The highest BCUT2D eigenvalue weighted by molar-refractivity contribution is 5.82. The largest absolute Gasteiger partial charge is 0.368 e. The molecular weight excluding hydrogens is 300 g/mol. The van der Waals surface area contributed by atoms with Crippen LogP contribution in [0, 0.1) is 35.0 Å². The standard InChI is InChI=1S/C18H18N2O2.2CH4.H2/c1-2-4-14-10-16(14)17(21)20-12-18(7-8-22-18)15-6-3-5-13(9-15)11-19;;;/h3,5-6,9,14,16H,7-8,10,12H2,1H3,(H,20,21);2*1H4;1H/t14-,16+,18-;;;/m1.../s1. The van der Waals surface area contributed by atoms with Crippen LogP contribution in [0.4, 0.5) is 0 Å². The number of benzene rings is 1. The average Bonchev–Trinajstić information content (AvgIpc) is 3.26. The SMILES string of the molecule is C.C.CC#C[C@@H]1C[C@@H]1C(=O)NC[C@@]1(c2cccc(C#N)c2)CCO1.[HH]. The molecule has 1 saturated carbocycles. The Morgan fingerprint density at radius 1 is 1.50 bits per heavy atom. The van der Waals surface area contributed by atoms with Crippen LogP contribution in [-0.4, -0.2) is 19.1 Å². The van der Waals surface area contributed by atoms with Gasteiger partial charge in [0, 0.05) is 13.8 Å². The van der Waals surface area contributed by atoms with Crippen molar-refractivity contribution < 1.29 is 11.0 Å². The Hall–Kier alpha value is -2.30. The van der Waals surface area contributed by atoms with Gasteiger partial charge < -0.3 is 10.1 Å². The van der Waals surface area contributed by atoms with Crippen molar-refractivity contribution in [2.45, 2.75) is 40.2 Å².